The lowest BCUT2D eigenvalue weighted by atomic mass is 9.82. The van der Waals surface area contributed by atoms with Gasteiger partial charge in [0.25, 0.3) is 5.91 Å². The van der Waals surface area contributed by atoms with Crippen molar-refractivity contribution in [2.75, 3.05) is 47.0 Å². The molecule has 2 atom stereocenters. The molecule has 0 saturated carbocycles. The minimum Gasteiger partial charge on any atom is -0.378 e. The van der Waals surface area contributed by atoms with Crippen molar-refractivity contribution >= 4 is 11.8 Å². The summed E-state index contributed by atoms with van der Waals surface area (Å²) in [6, 6.07) is -0.0574. The lowest BCUT2D eigenvalue weighted by Gasteiger charge is -2.47. The largest absolute Gasteiger partial charge is 0.378 e. The molecule has 1 aromatic rings. The van der Waals surface area contributed by atoms with Crippen LogP contribution in [0.15, 0.2) is 10.8 Å². The van der Waals surface area contributed by atoms with Gasteiger partial charge in [-0.05, 0) is 33.2 Å². The minimum absolute atomic E-state index is 0.00715. The quantitative estimate of drug-likeness (QED) is 0.725. The van der Waals surface area contributed by atoms with Gasteiger partial charge < -0.3 is 24.2 Å². The lowest BCUT2D eigenvalue weighted by Crippen LogP contribution is -2.64. The molecule has 156 valence electrons. The summed E-state index contributed by atoms with van der Waals surface area (Å²) in [5, 5.41) is 7.01. The first-order chi connectivity index (χ1) is 13.5. The van der Waals surface area contributed by atoms with Crippen LogP contribution < -0.4 is 5.32 Å². The second-order valence-electron chi connectivity index (χ2n) is 7.50. The molecule has 3 rings (SSSR count). The fourth-order valence-corrected chi connectivity index (χ4v) is 4.36. The van der Waals surface area contributed by atoms with Crippen LogP contribution in [-0.2, 0) is 20.9 Å². The summed E-state index contributed by atoms with van der Waals surface area (Å²) >= 11 is 0. The fraction of sp³-hybridized carbons (Fsp3) is 0.737. The topological polar surface area (TPSA) is 97.1 Å². The Bertz CT molecular complexity index is 694. The number of hydrogen-bond acceptors (Lipinski definition) is 7. The van der Waals surface area contributed by atoms with Crippen LogP contribution in [0.5, 0.6) is 0 Å². The highest BCUT2D eigenvalue weighted by molar-refractivity contribution is 5.95. The molecule has 1 spiro atoms. The maximum atomic E-state index is 12.9. The molecule has 0 aliphatic carbocycles. The third-order valence-electron chi connectivity index (χ3n) is 5.92. The van der Waals surface area contributed by atoms with E-state index in [0.29, 0.717) is 24.4 Å². The number of aromatic nitrogens is 1. The average Bonchev–Trinajstić information content (AvgIpc) is 3.27. The zero-order valence-electron chi connectivity index (χ0n) is 16.9. The van der Waals surface area contributed by atoms with Gasteiger partial charge in [0.15, 0.2) is 0 Å². The van der Waals surface area contributed by atoms with E-state index < -0.39 is 0 Å². The van der Waals surface area contributed by atoms with Gasteiger partial charge in [0.1, 0.15) is 24.1 Å². The van der Waals surface area contributed by atoms with E-state index in [1.165, 1.54) is 6.26 Å². The van der Waals surface area contributed by atoms with E-state index >= 15 is 0 Å². The van der Waals surface area contributed by atoms with Gasteiger partial charge in [0.2, 0.25) is 5.91 Å². The molecule has 2 saturated heterocycles. The molecule has 0 radical (unpaired) electrons. The zero-order valence-corrected chi connectivity index (χ0v) is 16.9. The molecule has 1 aromatic heterocycles. The Hall–Kier alpha value is -1.97. The molecule has 2 aliphatic heterocycles. The summed E-state index contributed by atoms with van der Waals surface area (Å²) in [4.78, 5) is 29.5. The molecule has 0 bridgehead atoms. The van der Waals surface area contributed by atoms with Gasteiger partial charge in [0.05, 0.1) is 18.2 Å². The standard InChI is InChI=1S/C19H30N4O5/c1-4-27-12-17(24)23-8-5-7-19(13-23)16(6-9-22(19)2)20-18(25)14-10-28-21-15(14)11-26-3/h10,16H,4-9,11-13H2,1-3H3,(H,20,25). The number of likely N-dealkylation sites (tertiary alicyclic amines) is 2. The van der Waals surface area contributed by atoms with E-state index in [9.17, 15) is 9.59 Å². The lowest BCUT2D eigenvalue weighted by molar-refractivity contribution is -0.139. The van der Waals surface area contributed by atoms with Gasteiger partial charge in [-0.15, -0.1) is 0 Å². The Morgan fingerprint density at radius 2 is 2.25 bits per heavy atom. The number of ether oxygens (including phenoxy) is 2. The molecule has 1 N–H and O–H groups in total. The van der Waals surface area contributed by atoms with Crippen LogP contribution in [0.2, 0.25) is 0 Å². The molecule has 2 unspecified atom stereocenters. The number of carbonyl (C=O) groups excluding carboxylic acids is 2. The highest BCUT2D eigenvalue weighted by Crippen LogP contribution is 2.36. The van der Waals surface area contributed by atoms with Crippen molar-refractivity contribution in [1.29, 1.82) is 0 Å². The van der Waals surface area contributed by atoms with Gasteiger partial charge in [-0.3, -0.25) is 14.5 Å². The molecule has 28 heavy (non-hydrogen) atoms. The molecule has 9 heteroatoms. The molecular weight excluding hydrogens is 364 g/mol. The maximum absolute atomic E-state index is 12.9. The third kappa shape index (κ3) is 4.06. The molecule has 3 heterocycles. The molecule has 2 aliphatic rings. The van der Waals surface area contributed by atoms with Gasteiger partial charge >= 0.3 is 0 Å². The molecule has 9 nitrogen and oxygen atoms in total. The predicted molar refractivity (Wildman–Crippen MR) is 101 cm³/mol. The number of nitrogens with one attached hydrogen (secondary N) is 1. The first-order valence-corrected chi connectivity index (χ1v) is 9.81. The number of likely N-dealkylation sites (N-methyl/N-ethyl adjacent to an activating group) is 1. The monoisotopic (exact) mass is 394 g/mol. The van der Waals surface area contributed by atoms with Crippen molar-refractivity contribution in [2.24, 2.45) is 0 Å². The number of rotatable bonds is 7. The Morgan fingerprint density at radius 1 is 1.43 bits per heavy atom. The highest BCUT2D eigenvalue weighted by atomic mass is 16.5. The van der Waals surface area contributed by atoms with Crippen LogP contribution in [0, 0.1) is 0 Å². The van der Waals surface area contributed by atoms with Gasteiger partial charge in [0, 0.05) is 33.4 Å². The second kappa shape index (κ2) is 9.02. The third-order valence-corrected chi connectivity index (χ3v) is 5.92. The highest BCUT2D eigenvalue weighted by Gasteiger charge is 2.50. The second-order valence-corrected chi connectivity index (χ2v) is 7.50. The average molecular weight is 394 g/mol. The van der Waals surface area contributed by atoms with Gasteiger partial charge in [-0.1, -0.05) is 5.16 Å². The van der Waals surface area contributed by atoms with E-state index in [1.54, 1.807) is 7.11 Å². The summed E-state index contributed by atoms with van der Waals surface area (Å²) < 4.78 is 15.3. The summed E-state index contributed by atoms with van der Waals surface area (Å²) in [5.41, 5.74) is 0.609. The zero-order chi connectivity index (χ0) is 20.1. The van der Waals surface area contributed by atoms with E-state index in [1.807, 2.05) is 11.8 Å². The number of methoxy groups -OCH3 is 1. The van der Waals surface area contributed by atoms with Crippen LogP contribution in [0.1, 0.15) is 42.2 Å². The Morgan fingerprint density at radius 3 is 3.00 bits per heavy atom. The van der Waals surface area contributed by atoms with Crippen molar-refractivity contribution in [1.82, 2.24) is 20.3 Å². The summed E-state index contributed by atoms with van der Waals surface area (Å²) in [6.45, 7) is 4.91. The van der Waals surface area contributed by atoms with E-state index in [-0.39, 0.29) is 36.6 Å². The van der Waals surface area contributed by atoms with Crippen LogP contribution in [0.25, 0.3) is 0 Å². The van der Waals surface area contributed by atoms with Crippen molar-refractivity contribution < 1.29 is 23.6 Å². The molecular formula is C19H30N4O5. The maximum Gasteiger partial charge on any atom is 0.256 e. The smallest absolute Gasteiger partial charge is 0.256 e. The number of amides is 2. The van der Waals surface area contributed by atoms with Gasteiger partial charge in [-0.2, -0.15) is 0 Å². The Balaban J connectivity index is 1.73. The Kier molecular flexibility index (Phi) is 6.69. The minimum atomic E-state index is -0.269. The van der Waals surface area contributed by atoms with Crippen LogP contribution in [0.4, 0.5) is 0 Å². The van der Waals surface area contributed by atoms with E-state index in [0.717, 1.165) is 32.4 Å². The van der Waals surface area contributed by atoms with E-state index in [4.69, 9.17) is 14.0 Å². The van der Waals surface area contributed by atoms with Crippen LogP contribution in [0.3, 0.4) is 0 Å². The SMILES string of the molecule is CCOCC(=O)N1CCCC2(C1)C(NC(=O)c1conc1COC)CCN2C. The van der Waals surface area contributed by atoms with Gasteiger partial charge in [-0.25, -0.2) is 0 Å². The van der Waals surface area contributed by atoms with E-state index in [2.05, 4.69) is 22.4 Å². The van der Waals surface area contributed by atoms with Crippen molar-refractivity contribution in [3.8, 4) is 0 Å². The summed E-state index contributed by atoms with van der Waals surface area (Å²) in [6.07, 6.45) is 4.02. The van der Waals surface area contributed by atoms with Crippen LogP contribution >= 0.6 is 0 Å². The predicted octanol–water partition coefficient (Wildman–Crippen LogP) is 0.653. The number of hydrogen-bond donors (Lipinski definition) is 1. The fourth-order valence-electron chi connectivity index (χ4n) is 4.36. The number of piperidine rings is 1. The van der Waals surface area contributed by atoms with Crippen molar-refractivity contribution in [3.05, 3.63) is 17.5 Å². The first-order valence-electron chi connectivity index (χ1n) is 9.81. The normalized spacial score (nSPS) is 25.4. The Labute approximate surface area is 165 Å². The number of nitrogens with zero attached hydrogens (tertiary/aromatic N) is 3. The summed E-state index contributed by atoms with van der Waals surface area (Å²) in [7, 11) is 3.62. The molecule has 2 fully saturated rings. The molecule has 0 aromatic carbocycles. The molecule has 2 amide bonds. The number of carbonyl (C=O) groups is 2. The summed E-state index contributed by atoms with van der Waals surface area (Å²) in [5.74, 6) is -0.210. The van der Waals surface area contributed by atoms with Crippen LogP contribution in [-0.4, -0.2) is 85.4 Å². The van der Waals surface area contributed by atoms with Crippen molar-refractivity contribution in [3.63, 3.8) is 0 Å². The first kappa shape index (κ1) is 20.8. The van der Waals surface area contributed by atoms with Crippen molar-refractivity contribution in [2.45, 2.75) is 44.4 Å².